The Labute approximate surface area is 286 Å². The van der Waals surface area contributed by atoms with E-state index in [0.29, 0.717) is 40.2 Å². The third-order valence-corrected chi connectivity index (χ3v) is 9.64. The lowest BCUT2D eigenvalue weighted by Gasteiger charge is -2.36. The minimum atomic E-state index is -5.20. The number of hydrogen-bond acceptors (Lipinski definition) is 5. The van der Waals surface area contributed by atoms with Crippen molar-refractivity contribution in [1.29, 1.82) is 0 Å². The molecule has 5 rings (SSSR count). The van der Waals surface area contributed by atoms with Crippen molar-refractivity contribution in [3.8, 4) is 5.75 Å². The Kier molecular flexibility index (Phi) is 10.5. The maximum atomic E-state index is 13.8. The second-order valence-corrected chi connectivity index (χ2v) is 13.0. The molecule has 1 aliphatic carbocycles. The van der Waals surface area contributed by atoms with Crippen molar-refractivity contribution in [1.82, 2.24) is 0 Å². The van der Waals surface area contributed by atoms with Gasteiger partial charge in [-0.25, -0.2) is 4.90 Å². The molecule has 6 nitrogen and oxygen atoms in total. The summed E-state index contributed by atoms with van der Waals surface area (Å²) in [4.78, 5) is 27.8. The van der Waals surface area contributed by atoms with Crippen LogP contribution in [0.25, 0.3) is 11.6 Å². The molecule has 260 valence electrons. The molecule has 2 aliphatic rings. The van der Waals surface area contributed by atoms with Crippen molar-refractivity contribution in [2.24, 2.45) is 17.8 Å². The Morgan fingerprint density at radius 3 is 2.16 bits per heavy atom. The molecule has 13 heteroatoms. The van der Waals surface area contributed by atoms with Crippen molar-refractivity contribution in [2.45, 2.75) is 51.1 Å². The molecule has 2 amide bonds. The maximum Gasteiger partial charge on any atom is 0.416 e. The van der Waals surface area contributed by atoms with E-state index >= 15 is 0 Å². The van der Waals surface area contributed by atoms with Crippen LogP contribution in [0.15, 0.2) is 82.3 Å². The number of alkyl halides is 6. The summed E-state index contributed by atoms with van der Waals surface area (Å²) in [5.41, 5.74) is -1.23. The quantitative estimate of drug-likeness (QED) is 0.0884. The molecule has 0 saturated carbocycles. The zero-order chi connectivity index (χ0) is 35.8. The number of amides is 2. The molecule has 3 N–H and O–H groups in total. The number of carbonyl (C=O) groups excluding carboxylic acids is 2. The Hall–Kier alpha value is -3.94. The van der Waals surface area contributed by atoms with Crippen LogP contribution < -0.4 is 4.90 Å². The molecule has 0 unspecified atom stereocenters. The smallest absolute Gasteiger partial charge is 0.416 e. The van der Waals surface area contributed by atoms with Crippen molar-refractivity contribution >= 4 is 45.1 Å². The fraction of sp³-hybridized carbons (Fsp3) is 0.333. The molecule has 0 bridgehead atoms. The van der Waals surface area contributed by atoms with Gasteiger partial charge >= 0.3 is 12.4 Å². The molecule has 1 fully saturated rings. The minimum absolute atomic E-state index is 0.0314. The predicted octanol–water partition coefficient (Wildman–Crippen LogP) is 8.40. The minimum Gasteiger partial charge on any atom is -0.507 e. The normalized spacial score (nSPS) is 21.0. The van der Waals surface area contributed by atoms with Crippen LogP contribution in [0.2, 0.25) is 0 Å². The second kappa shape index (κ2) is 14.1. The lowest BCUT2D eigenvalue weighted by atomic mass is 9.67. The largest absolute Gasteiger partial charge is 0.507 e. The van der Waals surface area contributed by atoms with Gasteiger partial charge in [0.15, 0.2) is 0 Å². The Morgan fingerprint density at radius 2 is 1.59 bits per heavy atom. The average molecular weight is 753 g/mol. The Bertz CT molecular complexity index is 1770. The van der Waals surface area contributed by atoms with E-state index in [1.54, 1.807) is 25.1 Å². The summed E-state index contributed by atoms with van der Waals surface area (Å²) >= 11 is 3.40. The predicted molar refractivity (Wildman–Crippen MR) is 174 cm³/mol. The molecule has 0 aromatic heterocycles. The average Bonchev–Trinajstić information content (AvgIpc) is 3.31. The number of carbonyl (C=O) groups is 2. The summed E-state index contributed by atoms with van der Waals surface area (Å²) in [6.07, 6.45) is -9.23. The van der Waals surface area contributed by atoms with E-state index in [9.17, 15) is 51.3 Å². The first-order chi connectivity index (χ1) is 23.0. The van der Waals surface area contributed by atoms with Crippen molar-refractivity contribution in [3.63, 3.8) is 0 Å². The topological polar surface area (TPSA) is 98.1 Å². The van der Waals surface area contributed by atoms with Crippen molar-refractivity contribution in [2.75, 3.05) is 11.5 Å². The van der Waals surface area contributed by atoms with Crippen molar-refractivity contribution in [3.05, 3.63) is 105 Å². The van der Waals surface area contributed by atoms with Crippen LogP contribution in [-0.4, -0.2) is 39.8 Å². The van der Waals surface area contributed by atoms with Gasteiger partial charge in [-0.15, -0.1) is 0 Å². The second-order valence-electron chi connectivity index (χ2n) is 12.1. The zero-order valence-electron chi connectivity index (χ0n) is 26.0. The monoisotopic (exact) mass is 751 g/mol. The van der Waals surface area contributed by atoms with Crippen LogP contribution in [0.3, 0.4) is 0 Å². The number of nitrogens with zero attached hydrogens (tertiary/aromatic N) is 1. The number of anilines is 1. The first-order valence-corrected chi connectivity index (χ1v) is 16.3. The molecule has 0 radical (unpaired) electrons. The first kappa shape index (κ1) is 36.3. The number of phenols is 1. The lowest BCUT2D eigenvalue weighted by Crippen LogP contribution is -2.39. The molecule has 4 atom stereocenters. The summed E-state index contributed by atoms with van der Waals surface area (Å²) in [6, 6.07) is 14.7. The molecule has 49 heavy (non-hydrogen) atoms. The Balaban J connectivity index is 1.48. The number of aromatic hydroxyl groups is 1. The van der Waals surface area contributed by atoms with Crippen LogP contribution in [0.1, 0.15) is 54.9 Å². The number of hydrogen-bond donors (Lipinski definition) is 3. The highest BCUT2D eigenvalue weighted by Gasteiger charge is 2.55. The van der Waals surface area contributed by atoms with Crippen LogP contribution >= 0.6 is 15.9 Å². The third kappa shape index (κ3) is 7.48. The maximum absolute atomic E-state index is 13.8. The Morgan fingerprint density at radius 1 is 0.959 bits per heavy atom. The number of imide groups is 1. The van der Waals surface area contributed by atoms with Gasteiger partial charge in [-0.05, 0) is 84.9 Å². The van der Waals surface area contributed by atoms with Crippen molar-refractivity contribution < 1.29 is 51.3 Å². The van der Waals surface area contributed by atoms with E-state index < -0.39 is 71.4 Å². The fourth-order valence-electron chi connectivity index (χ4n) is 6.85. The standard InChI is InChI=1S/C36H32BrF6NO5/c1-2-19-14-27-32(34(49)44(33(27)48)26-16-23(35(38,39)40)15-24(17-26)36(41,42)43)28(18-45)31(19)30(47)10-8-21(20-6-4-3-5-7-20)12-22-13-25(37)9-11-29(22)46/h3-7,9,11-13,15-17,27-28,30,32,45-47H,2,8,10,14,18H2,1H3/b21-12-/t27-,28+,30-,32-/m1/s1. The number of fused-ring (bicyclic) bond motifs is 1. The summed E-state index contributed by atoms with van der Waals surface area (Å²) in [5.74, 6) is -5.57. The molecule has 3 aromatic rings. The molecular weight excluding hydrogens is 720 g/mol. The number of benzene rings is 3. The highest BCUT2D eigenvalue weighted by Crippen LogP contribution is 2.49. The molecule has 3 aromatic carbocycles. The summed E-state index contributed by atoms with van der Waals surface area (Å²) < 4.78 is 82.5. The molecule has 1 heterocycles. The highest BCUT2D eigenvalue weighted by molar-refractivity contribution is 9.10. The van der Waals surface area contributed by atoms with Gasteiger partial charge < -0.3 is 15.3 Å². The van der Waals surface area contributed by atoms with E-state index in [2.05, 4.69) is 15.9 Å². The van der Waals surface area contributed by atoms with Gasteiger partial charge in [-0.1, -0.05) is 58.8 Å². The molecule has 1 aliphatic heterocycles. The number of aliphatic hydroxyl groups excluding tert-OH is 2. The number of phenolic OH excluding ortho intramolecular Hbond substituents is 1. The van der Waals surface area contributed by atoms with Crippen LogP contribution in [0.5, 0.6) is 5.75 Å². The number of aliphatic hydroxyl groups is 2. The molecule has 0 spiro atoms. The van der Waals surface area contributed by atoms with Crippen LogP contribution in [-0.2, 0) is 21.9 Å². The van der Waals surface area contributed by atoms with E-state index in [0.717, 1.165) is 15.6 Å². The number of rotatable bonds is 9. The van der Waals surface area contributed by atoms with Gasteiger partial charge in [0.1, 0.15) is 5.75 Å². The van der Waals surface area contributed by atoms with Gasteiger partial charge in [0, 0.05) is 16.0 Å². The highest BCUT2D eigenvalue weighted by atomic mass is 79.9. The van der Waals surface area contributed by atoms with E-state index in [4.69, 9.17) is 0 Å². The fourth-order valence-corrected chi connectivity index (χ4v) is 7.23. The SMILES string of the molecule is CCC1=C([C@H](O)CC/C(=C/c2cc(Br)ccc2O)c2ccccc2)[C@H](CO)[C@@H]2C(=O)N(c3cc(C(F)(F)F)cc(C(F)(F)F)c3)C(=O)[C@@H]2C1. The summed E-state index contributed by atoms with van der Waals surface area (Å²) in [5, 5.41) is 32.7. The van der Waals surface area contributed by atoms with Gasteiger partial charge in [0.25, 0.3) is 0 Å². The summed E-state index contributed by atoms with van der Waals surface area (Å²) in [6.45, 7) is 1.05. The molecule has 1 saturated heterocycles. The summed E-state index contributed by atoms with van der Waals surface area (Å²) in [7, 11) is 0. The van der Waals surface area contributed by atoms with Crippen LogP contribution in [0, 0.1) is 17.8 Å². The van der Waals surface area contributed by atoms with E-state index in [-0.39, 0.29) is 31.1 Å². The van der Waals surface area contributed by atoms with Crippen LogP contribution in [0.4, 0.5) is 32.0 Å². The van der Waals surface area contributed by atoms with Gasteiger partial charge in [0.05, 0.1) is 41.4 Å². The third-order valence-electron chi connectivity index (χ3n) is 9.15. The molecular formula is C36H32BrF6NO5. The van der Waals surface area contributed by atoms with E-state index in [1.165, 1.54) is 6.07 Å². The first-order valence-electron chi connectivity index (χ1n) is 15.5. The number of allylic oxidation sites excluding steroid dienone is 2. The zero-order valence-corrected chi connectivity index (χ0v) is 27.6. The van der Waals surface area contributed by atoms with E-state index in [1.807, 2.05) is 30.3 Å². The lowest BCUT2D eigenvalue weighted by molar-refractivity contribution is -0.143. The van der Waals surface area contributed by atoms with Gasteiger partial charge in [0.2, 0.25) is 11.8 Å². The van der Waals surface area contributed by atoms with Gasteiger partial charge in [-0.2, -0.15) is 26.3 Å². The number of halogens is 7. The van der Waals surface area contributed by atoms with Gasteiger partial charge in [-0.3, -0.25) is 9.59 Å².